The van der Waals surface area contributed by atoms with Crippen LogP contribution in [-0.2, 0) is 16.0 Å². The number of nitrogens with one attached hydrogen (secondary N) is 2. The fourth-order valence-electron chi connectivity index (χ4n) is 2.01. The molecule has 6 heteroatoms. The maximum absolute atomic E-state index is 11.9. The topological polar surface area (TPSA) is 58.2 Å². The Labute approximate surface area is 151 Å². The van der Waals surface area contributed by atoms with Crippen LogP contribution in [0.15, 0.2) is 48.5 Å². The summed E-state index contributed by atoms with van der Waals surface area (Å²) in [7, 11) is 0. The monoisotopic (exact) mass is 362 g/mol. The zero-order valence-electron chi connectivity index (χ0n) is 13.3. The van der Waals surface area contributed by atoms with E-state index in [9.17, 15) is 9.59 Å². The molecule has 126 valence electrons. The lowest BCUT2D eigenvalue weighted by molar-refractivity contribution is -0.114. The minimum absolute atomic E-state index is 0.130. The standard InChI is InChI=1S/C18H19ClN2O2S/c1-2-13-7-9-14(10-8-13)20-17(22)11-24-12-18(23)21-16-6-4-3-5-15(16)19/h3-10H,2,11-12H2,1H3,(H,20,22)(H,21,23). The molecular weight excluding hydrogens is 344 g/mol. The van der Waals surface area contributed by atoms with Crippen LogP contribution >= 0.6 is 23.4 Å². The predicted molar refractivity (Wildman–Crippen MR) is 102 cm³/mol. The molecule has 0 bridgehead atoms. The van der Waals surface area contributed by atoms with Crippen LogP contribution in [0.1, 0.15) is 12.5 Å². The fraction of sp³-hybridized carbons (Fsp3) is 0.222. The van der Waals surface area contributed by atoms with Crippen LogP contribution < -0.4 is 10.6 Å². The summed E-state index contributed by atoms with van der Waals surface area (Å²) < 4.78 is 0. The molecule has 2 aromatic rings. The van der Waals surface area contributed by atoms with Gasteiger partial charge in [0.15, 0.2) is 0 Å². The molecule has 0 radical (unpaired) electrons. The van der Waals surface area contributed by atoms with Gasteiger partial charge in [-0.3, -0.25) is 9.59 Å². The number of carbonyl (C=O) groups is 2. The summed E-state index contributed by atoms with van der Waals surface area (Å²) in [5.74, 6) is 0.0850. The highest BCUT2D eigenvalue weighted by molar-refractivity contribution is 8.00. The Balaban J connectivity index is 1.71. The second-order valence-electron chi connectivity index (χ2n) is 5.12. The molecule has 2 aromatic carbocycles. The minimum Gasteiger partial charge on any atom is -0.325 e. The van der Waals surface area contributed by atoms with Crippen LogP contribution in [0.3, 0.4) is 0 Å². The van der Waals surface area contributed by atoms with E-state index < -0.39 is 0 Å². The van der Waals surface area contributed by atoms with Crippen molar-refractivity contribution in [3.05, 3.63) is 59.1 Å². The van der Waals surface area contributed by atoms with Gasteiger partial charge in [0.25, 0.3) is 0 Å². The van der Waals surface area contributed by atoms with Crippen LogP contribution in [0, 0.1) is 0 Å². The molecule has 24 heavy (non-hydrogen) atoms. The van der Waals surface area contributed by atoms with Gasteiger partial charge in [-0.25, -0.2) is 0 Å². The molecule has 0 aromatic heterocycles. The first-order chi connectivity index (χ1) is 11.6. The number of hydrogen-bond acceptors (Lipinski definition) is 3. The molecule has 0 fully saturated rings. The summed E-state index contributed by atoms with van der Waals surface area (Å²) >= 11 is 7.23. The highest BCUT2D eigenvalue weighted by atomic mass is 35.5. The highest BCUT2D eigenvalue weighted by Crippen LogP contribution is 2.20. The molecule has 0 unspecified atom stereocenters. The van der Waals surface area contributed by atoms with Gasteiger partial charge in [-0.05, 0) is 36.2 Å². The van der Waals surface area contributed by atoms with E-state index in [0.29, 0.717) is 10.7 Å². The molecule has 0 aliphatic heterocycles. The molecule has 0 heterocycles. The number of para-hydroxylation sites is 1. The lowest BCUT2D eigenvalue weighted by Crippen LogP contribution is -2.18. The van der Waals surface area contributed by atoms with E-state index in [1.807, 2.05) is 24.3 Å². The van der Waals surface area contributed by atoms with Crippen molar-refractivity contribution in [1.29, 1.82) is 0 Å². The van der Waals surface area contributed by atoms with E-state index in [4.69, 9.17) is 11.6 Å². The van der Waals surface area contributed by atoms with Crippen molar-refractivity contribution < 1.29 is 9.59 Å². The van der Waals surface area contributed by atoms with E-state index >= 15 is 0 Å². The predicted octanol–water partition coefficient (Wildman–Crippen LogP) is 4.21. The molecule has 2 rings (SSSR count). The van der Waals surface area contributed by atoms with Gasteiger partial charge >= 0.3 is 0 Å². The van der Waals surface area contributed by atoms with Gasteiger partial charge in [-0.1, -0.05) is 42.8 Å². The zero-order valence-corrected chi connectivity index (χ0v) is 14.9. The summed E-state index contributed by atoms with van der Waals surface area (Å²) in [6, 6.07) is 14.8. The summed E-state index contributed by atoms with van der Waals surface area (Å²) in [6.45, 7) is 2.08. The number of aryl methyl sites for hydroxylation is 1. The van der Waals surface area contributed by atoms with E-state index in [0.717, 1.165) is 12.1 Å². The largest absolute Gasteiger partial charge is 0.325 e. The summed E-state index contributed by atoms with van der Waals surface area (Å²) in [5, 5.41) is 6.03. The number of anilines is 2. The lowest BCUT2D eigenvalue weighted by Gasteiger charge is -2.07. The van der Waals surface area contributed by atoms with Gasteiger partial charge in [0.1, 0.15) is 0 Å². The molecule has 2 amide bonds. The first-order valence-electron chi connectivity index (χ1n) is 7.59. The van der Waals surface area contributed by atoms with Crippen molar-refractivity contribution in [1.82, 2.24) is 0 Å². The Morgan fingerprint density at radius 3 is 2.21 bits per heavy atom. The number of rotatable bonds is 7. The second kappa shape index (κ2) is 9.35. The van der Waals surface area contributed by atoms with Gasteiger partial charge in [0, 0.05) is 5.69 Å². The Morgan fingerprint density at radius 1 is 0.958 bits per heavy atom. The Morgan fingerprint density at radius 2 is 1.58 bits per heavy atom. The van der Waals surface area contributed by atoms with Gasteiger partial charge in [0.05, 0.1) is 22.2 Å². The highest BCUT2D eigenvalue weighted by Gasteiger charge is 2.08. The average molecular weight is 363 g/mol. The summed E-state index contributed by atoms with van der Waals surface area (Å²) in [4.78, 5) is 23.7. The number of carbonyl (C=O) groups excluding carboxylic acids is 2. The molecule has 2 N–H and O–H groups in total. The van der Waals surface area contributed by atoms with Gasteiger partial charge in [-0.15, -0.1) is 11.8 Å². The Bertz CT molecular complexity index is 704. The average Bonchev–Trinajstić information content (AvgIpc) is 2.57. The van der Waals surface area contributed by atoms with Crippen molar-refractivity contribution in [2.75, 3.05) is 22.1 Å². The third kappa shape index (κ3) is 5.91. The lowest BCUT2D eigenvalue weighted by atomic mass is 10.1. The van der Waals surface area contributed by atoms with Crippen LogP contribution in [0.4, 0.5) is 11.4 Å². The molecule has 0 aliphatic rings. The van der Waals surface area contributed by atoms with E-state index in [2.05, 4.69) is 17.6 Å². The van der Waals surface area contributed by atoms with Crippen LogP contribution in [0.25, 0.3) is 0 Å². The zero-order chi connectivity index (χ0) is 17.4. The van der Waals surface area contributed by atoms with Gasteiger partial charge in [0.2, 0.25) is 11.8 Å². The maximum Gasteiger partial charge on any atom is 0.234 e. The number of hydrogen-bond donors (Lipinski definition) is 2. The van der Waals surface area contributed by atoms with Crippen molar-refractivity contribution >= 4 is 46.6 Å². The summed E-state index contributed by atoms with van der Waals surface area (Å²) in [6.07, 6.45) is 0.963. The molecule has 0 spiro atoms. The first kappa shape index (κ1) is 18.4. The minimum atomic E-state index is -0.187. The van der Waals surface area contributed by atoms with Crippen LogP contribution in [-0.4, -0.2) is 23.3 Å². The molecule has 4 nitrogen and oxygen atoms in total. The van der Waals surface area contributed by atoms with E-state index in [-0.39, 0.29) is 23.3 Å². The quantitative estimate of drug-likeness (QED) is 0.775. The molecule has 0 atom stereocenters. The van der Waals surface area contributed by atoms with Crippen LogP contribution in [0.2, 0.25) is 5.02 Å². The molecule has 0 saturated heterocycles. The molecular formula is C18H19ClN2O2S. The number of thioether (sulfide) groups is 1. The number of halogens is 1. The van der Waals surface area contributed by atoms with Crippen molar-refractivity contribution in [2.45, 2.75) is 13.3 Å². The maximum atomic E-state index is 11.9. The number of amides is 2. The van der Waals surface area contributed by atoms with Crippen LogP contribution in [0.5, 0.6) is 0 Å². The summed E-state index contributed by atoms with van der Waals surface area (Å²) in [5.41, 5.74) is 2.56. The number of benzene rings is 2. The van der Waals surface area contributed by atoms with E-state index in [1.54, 1.807) is 24.3 Å². The fourth-order valence-corrected chi connectivity index (χ4v) is 2.81. The van der Waals surface area contributed by atoms with Crippen molar-refractivity contribution in [2.24, 2.45) is 0 Å². The SMILES string of the molecule is CCc1ccc(NC(=O)CSCC(=O)Nc2ccccc2Cl)cc1. The van der Waals surface area contributed by atoms with Gasteiger partial charge in [-0.2, -0.15) is 0 Å². The molecule has 0 saturated carbocycles. The Kier molecular flexibility index (Phi) is 7.15. The van der Waals surface area contributed by atoms with Crippen molar-refractivity contribution in [3.63, 3.8) is 0 Å². The molecule has 0 aliphatic carbocycles. The first-order valence-corrected chi connectivity index (χ1v) is 9.12. The smallest absolute Gasteiger partial charge is 0.234 e. The Hall–Kier alpha value is -1.98. The van der Waals surface area contributed by atoms with Gasteiger partial charge < -0.3 is 10.6 Å². The third-order valence-electron chi connectivity index (χ3n) is 3.26. The third-order valence-corrected chi connectivity index (χ3v) is 4.52. The van der Waals surface area contributed by atoms with Crippen molar-refractivity contribution in [3.8, 4) is 0 Å². The normalized spacial score (nSPS) is 10.2. The van der Waals surface area contributed by atoms with E-state index in [1.165, 1.54) is 17.3 Å². The second-order valence-corrected chi connectivity index (χ2v) is 6.51.